The first-order valence-electron chi connectivity index (χ1n) is 8.23. The van der Waals surface area contributed by atoms with Crippen LogP contribution in [0.1, 0.15) is 32.0 Å². The van der Waals surface area contributed by atoms with Gasteiger partial charge in [-0.2, -0.15) is 9.65 Å². The van der Waals surface area contributed by atoms with Crippen LogP contribution >= 0.6 is 11.6 Å². The number of allylic oxidation sites excluding steroid dienone is 2. The molecule has 0 saturated heterocycles. The number of nitriles is 1. The van der Waals surface area contributed by atoms with Crippen LogP contribution < -0.4 is 0 Å². The zero-order valence-electron chi connectivity index (χ0n) is 14.6. The Morgan fingerprint density at radius 2 is 2.28 bits per heavy atom. The summed E-state index contributed by atoms with van der Waals surface area (Å²) >= 11 is 5.54. The molecular weight excluding hydrogens is 343 g/mol. The van der Waals surface area contributed by atoms with E-state index < -0.39 is 11.8 Å². The molecule has 1 aliphatic rings. The van der Waals surface area contributed by atoms with Crippen LogP contribution in [0.3, 0.4) is 0 Å². The van der Waals surface area contributed by atoms with Crippen LogP contribution in [0.25, 0.3) is 0 Å². The lowest BCUT2D eigenvalue weighted by molar-refractivity contribution is -0.140. The third-order valence-electron chi connectivity index (χ3n) is 4.85. The van der Waals surface area contributed by atoms with E-state index in [0.29, 0.717) is 12.2 Å². The maximum atomic E-state index is 13.9. The molecule has 4 nitrogen and oxygen atoms in total. The summed E-state index contributed by atoms with van der Waals surface area (Å²) in [6.45, 7) is 6.43. The van der Waals surface area contributed by atoms with Crippen molar-refractivity contribution in [1.82, 2.24) is 4.57 Å². The van der Waals surface area contributed by atoms with Crippen LogP contribution in [0.4, 0.5) is 4.39 Å². The van der Waals surface area contributed by atoms with Crippen molar-refractivity contribution >= 4 is 17.6 Å². The lowest BCUT2D eigenvalue weighted by Gasteiger charge is -2.01. The lowest BCUT2D eigenvalue weighted by Crippen LogP contribution is -2.04. The molecule has 0 amide bonds. The molecule has 0 aromatic carbocycles. The maximum Gasteiger partial charge on any atom is 0.366 e. The molecule has 0 radical (unpaired) electrons. The lowest BCUT2D eigenvalue weighted by atomic mass is 10.0. The van der Waals surface area contributed by atoms with E-state index >= 15 is 0 Å². The zero-order valence-corrected chi connectivity index (χ0v) is 15.4. The number of halogens is 2. The number of carbonyl (C=O) groups excluding carboxylic acids is 1. The molecule has 2 atom stereocenters. The Bertz CT molecular complexity index is 743. The molecule has 6 heteroatoms. The topological polar surface area (TPSA) is 55.0 Å². The van der Waals surface area contributed by atoms with Crippen molar-refractivity contribution in [3.8, 4) is 6.07 Å². The predicted molar refractivity (Wildman–Crippen MR) is 94.4 cm³/mol. The van der Waals surface area contributed by atoms with Crippen molar-refractivity contribution in [2.24, 2.45) is 17.3 Å². The van der Waals surface area contributed by atoms with Crippen molar-refractivity contribution in [2.75, 3.05) is 6.61 Å². The fraction of sp³-hybridized carbons (Fsp3) is 0.474. The highest BCUT2D eigenvalue weighted by molar-refractivity contribution is 6.25. The van der Waals surface area contributed by atoms with Gasteiger partial charge in [0.15, 0.2) is 0 Å². The van der Waals surface area contributed by atoms with E-state index in [2.05, 4.69) is 24.7 Å². The van der Waals surface area contributed by atoms with E-state index in [1.54, 1.807) is 13.0 Å². The summed E-state index contributed by atoms with van der Waals surface area (Å²) in [7, 11) is 0. The van der Waals surface area contributed by atoms with Gasteiger partial charge in [-0.25, -0.2) is 4.79 Å². The highest BCUT2D eigenvalue weighted by Crippen LogP contribution is 2.60. The molecule has 1 aromatic heterocycles. The Kier molecular flexibility index (Phi) is 6.07. The van der Waals surface area contributed by atoms with Gasteiger partial charge in [0.25, 0.3) is 0 Å². The average Bonchev–Trinajstić information content (AvgIpc) is 2.92. The van der Waals surface area contributed by atoms with Crippen molar-refractivity contribution < 1.29 is 13.9 Å². The molecule has 134 valence electrons. The normalized spacial score (nSPS) is 22.0. The second kappa shape index (κ2) is 7.88. The summed E-state index contributed by atoms with van der Waals surface area (Å²) in [5.74, 6) is -1.56. The third-order valence-corrected chi connectivity index (χ3v) is 5.03. The molecule has 0 N–H and O–H groups in total. The minimum absolute atomic E-state index is 0.0338. The van der Waals surface area contributed by atoms with Crippen LogP contribution in [0, 0.1) is 28.6 Å². The van der Waals surface area contributed by atoms with Gasteiger partial charge in [-0.15, -0.1) is 0 Å². The van der Waals surface area contributed by atoms with Crippen LogP contribution in [0.5, 0.6) is 0 Å². The molecule has 0 spiro atoms. The number of ether oxygens (including phenoxy) is 1. The second-order valence-corrected chi connectivity index (χ2v) is 7.00. The van der Waals surface area contributed by atoms with Gasteiger partial charge in [0.05, 0.1) is 6.61 Å². The van der Waals surface area contributed by atoms with E-state index in [4.69, 9.17) is 11.6 Å². The largest absolute Gasteiger partial charge is 0.461 e. The van der Waals surface area contributed by atoms with Crippen LogP contribution in [-0.2, 0) is 22.5 Å². The monoisotopic (exact) mass is 364 g/mol. The van der Waals surface area contributed by atoms with Crippen molar-refractivity contribution in [2.45, 2.75) is 33.7 Å². The van der Waals surface area contributed by atoms with Gasteiger partial charge < -0.3 is 9.30 Å². The fourth-order valence-electron chi connectivity index (χ4n) is 3.27. The molecule has 2 rings (SSSR count). The van der Waals surface area contributed by atoms with Gasteiger partial charge in [0.1, 0.15) is 11.8 Å². The van der Waals surface area contributed by atoms with Gasteiger partial charge in [-0.1, -0.05) is 31.5 Å². The van der Waals surface area contributed by atoms with Gasteiger partial charge in [0, 0.05) is 18.3 Å². The number of hydrogen-bond acceptors (Lipinski definition) is 3. The first-order chi connectivity index (χ1) is 11.8. The standard InChI is InChI=1S/C19H22ClFN2O2/c1-4-25-18(24)17(21)10-16-15(19(16,2)3)9-13-8-14(11-22)23(12-13)7-5-6-20/h5-6,8,10,12,15-16H,4,7,9H2,1-3H3/b6-5?,17-10-/t15-,16?/m1/s1. The Balaban J connectivity index is 2.10. The van der Waals surface area contributed by atoms with E-state index in [0.717, 1.165) is 12.0 Å². The second-order valence-electron chi connectivity index (χ2n) is 6.75. The smallest absolute Gasteiger partial charge is 0.366 e. The van der Waals surface area contributed by atoms with Gasteiger partial charge >= 0.3 is 5.97 Å². The summed E-state index contributed by atoms with van der Waals surface area (Å²) < 4.78 is 20.4. The summed E-state index contributed by atoms with van der Waals surface area (Å²) in [5.41, 5.74) is 2.90. The van der Waals surface area contributed by atoms with Crippen molar-refractivity contribution in [3.63, 3.8) is 0 Å². The Hall–Kier alpha value is -2.06. The highest BCUT2D eigenvalue weighted by Gasteiger charge is 2.56. The third kappa shape index (κ3) is 4.32. The van der Waals surface area contributed by atoms with E-state index in [9.17, 15) is 14.4 Å². The van der Waals surface area contributed by atoms with Gasteiger partial charge in [-0.05, 0) is 48.3 Å². The molecule has 0 bridgehead atoms. The fourth-order valence-corrected chi connectivity index (χ4v) is 3.34. The molecule has 0 aliphatic heterocycles. The molecular formula is C19H22ClFN2O2. The molecule has 25 heavy (non-hydrogen) atoms. The quantitative estimate of drug-likeness (QED) is 0.534. The van der Waals surface area contributed by atoms with E-state index in [1.807, 2.05) is 16.8 Å². The summed E-state index contributed by atoms with van der Waals surface area (Å²) in [4.78, 5) is 11.4. The Morgan fingerprint density at radius 3 is 2.88 bits per heavy atom. The van der Waals surface area contributed by atoms with E-state index in [-0.39, 0.29) is 23.9 Å². The number of hydrogen-bond donors (Lipinski definition) is 0. The van der Waals surface area contributed by atoms with Gasteiger partial charge in [0.2, 0.25) is 5.83 Å². The maximum absolute atomic E-state index is 13.9. The molecule has 1 fully saturated rings. The zero-order chi connectivity index (χ0) is 18.6. The number of esters is 1. The van der Waals surface area contributed by atoms with E-state index in [1.165, 1.54) is 11.6 Å². The first kappa shape index (κ1) is 19.3. The number of nitrogens with zero attached hydrogens (tertiary/aromatic N) is 2. The molecule has 1 aliphatic carbocycles. The SMILES string of the molecule is CCOC(=O)/C(F)=C/C1[C@@H](Cc2cc(C#N)n(CC=CCl)c2)C1(C)C. The van der Waals surface area contributed by atoms with Crippen LogP contribution in [-0.4, -0.2) is 17.1 Å². The summed E-state index contributed by atoms with van der Waals surface area (Å²) in [5, 5.41) is 9.23. The molecule has 1 unspecified atom stereocenters. The number of carbonyl (C=O) groups is 1. The van der Waals surface area contributed by atoms with Crippen LogP contribution in [0.2, 0.25) is 0 Å². The molecule has 1 aromatic rings. The van der Waals surface area contributed by atoms with Gasteiger partial charge in [-0.3, -0.25) is 0 Å². The predicted octanol–water partition coefficient (Wildman–Crippen LogP) is 4.34. The minimum Gasteiger partial charge on any atom is -0.461 e. The number of aromatic nitrogens is 1. The highest BCUT2D eigenvalue weighted by atomic mass is 35.5. The van der Waals surface area contributed by atoms with Crippen LogP contribution in [0.15, 0.2) is 35.8 Å². The Labute approximate surface area is 152 Å². The van der Waals surface area contributed by atoms with Crippen molar-refractivity contribution in [1.29, 1.82) is 5.26 Å². The Morgan fingerprint density at radius 1 is 1.56 bits per heavy atom. The summed E-state index contributed by atoms with van der Waals surface area (Å²) in [6, 6.07) is 4.01. The average molecular weight is 365 g/mol. The first-order valence-corrected chi connectivity index (χ1v) is 8.67. The molecule has 1 saturated carbocycles. The summed E-state index contributed by atoms with van der Waals surface area (Å²) in [6.07, 6.45) is 5.78. The molecule has 1 heterocycles. The number of rotatable bonds is 7. The minimum atomic E-state index is -0.908. The van der Waals surface area contributed by atoms with Crippen molar-refractivity contribution in [3.05, 3.63) is 47.0 Å².